The van der Waals surface area contributed by atoms with Gasteiger partial charge in [-0.25, -0.2) is 0 Å². The molecule has 2 fully saturated rings. The highest BCUT2D eigenvalue weighted by atomic mass is 16.7. The molecule has 0 saturated carbocycles. The Morgan fingerprint density at radius 1 is 0.352 bits per heavy atom. The molecular formula is C77H151NO13. The highest BCUT2D eigenvalue weighted by molar-refractivity contribution is 5.76. The SMILES string of the molecule is CCCCCCCCCCCCCCCCCCCCCCCCCCCCCCCC(O)C(COC1OC(CO)C(OC2OC(CO)C(O)C(O)C2O)C(O)C1O)NC(=O)CCCCCCCCCCCCCCCCCCCCCCCCCCCCCC. The third kappa shape index (κ3) is 46.0. The Labute approximate surface area is 559 Å². The predicted octanol–water partition coefficient (Wildman–Crippen LogP) is 17.5. The van der Waals surface area contributed by atoms with E-state index in [1.807, 2.05) is 0 Å². The molecule has 2 aliphatic heterocycles. The minimum atomic E-state index is -1.78. The molecule has 14 heteroatoms. The molecule has 2 saturated heterocycles. The fourth-order valence-electron chi connectivity index (χ4n) is 13.8. The van der Waals surface area contributed by atoms with Gasteiger partial charge in [0, 0.05) is 6.42 Å². The van der Waals surface area contributed by atoms with Crippen LogP contribution in [0, 0.1) is 0 Å². The molecule has 2 aliphatic rings. The van der Waals surface area contributed by atoms with Crippen molar-refractivity contribution in [3.8, 4) is 0 Å². The maximum Gasteiger partial charge on any atom is 0.220 e. The first kappa shape index (κ1) is 86.1. The molecule has 0 radical (unpaired) electrons. The highest BCUT2D eigenvalue weighted by Gasteiger charge is 2.51. The molecule has 0 bridgehead atoms. The molecule has 0 aliphatic carbocycles. The third-order valence-electron chi connectivity index (χ3n) is 20.1. The van der Waals surface area contributed by atoms with Crippen LogP contribution in [0.3, 0.4) is 0 Å². The van der Waals surface area contributed by atoms with Crippen molar-refractivity contribution in [3.63, 3.8) is 0 Å². The first-order valence-electron chi connectivity index (χ1n) is 39.8. The first-order valence-corrected chi connectivity index (χ1v) is 39.8. The summed E-state index contributed by atoms with van der Waals surface area (Å²) in [5.74, 6) is -0.195. The van der Waals surface area contributed by atoms with E-state index >= 15 is 0 Å². The fourth-order valence-corrected chi connectivity index (χ4v) is 13.8. The maximum absolute atomic E-state index is 13.4. The zero-order valence-electron chi connectivity index (χ0n) is 59.4. The Hall–Kier alpha value is -1.01. The summed E-state index contributed by atoms with van der Waals surface area (Å²) in [6, 6.07) is -0.825. The topological polar surface area (TPSA) is 228 Å². The van der Waals surface area contributed by atoms with E-state index in [1.165, 1.54) is 315 Å². The summed E-state index contributed by atoms with van der Waals surface area (Å²) in [6.45, 7) is 2.95. The van der Waals surface area contributed by atoms with Crippen molar-refractivity contribution in [3.05, 3.63) is 0 Å². The first-order chi connectivity index (χ1) is 44.6. The molecule has 2 heterocycles. The van der Waals surface area contributed by atoms with Crippen molar-refractivity contribution in [1.82, 2.24) is 5.32 Å². The van der Waals surface area contributed by atoms with Gasteiger partial charge >= 0.3 is 0 Å². The van der Waals surface area contributed by atoms with Crippen LogP contribution in [-0.2, 0) is 23.7 Å². The zero-order chi connectivity index (χ0) is 65.9. The maximum atomic E-state index is 13.4. The second kappa shape index (κ2) is 62.5. The van der Waals surface area contributed by atoms with Gasteiger partial charge in [0.15, 0.2) is 12.6 Å². The van der Waals surface area contributed by atoms with Crippen LogP contribution in [0.25, 0.3) is 0 Å². The number of aliphatic hydroxyl groups is 8. The summed E-state index contributed by atoms with van der Waals surface area (Å²) in [7, 11) is 0. The molecule has 2 rings (SSSR count). The van der Waals surface area contributed by atoms with Gasteiger partial charge in [0.1, 0.15) is 48.8 Å². The Balaban J connectivity index is 1.61. The van der Waals surface area contributed by atoms with E-state index in [4.69, 9.17) is 18.9 Å². The Bertz CT molecular complexity index is 1530. The van der Waals surface area contributed by atoms with Gasteiger partial charge in [0.2, 0.25) is 5.91 Å². The Morgan fingerprint density at radius 2 is 0.626 bits per heavy atom. The predicted molar refractivity (Wildman–Crippen MR) is 374 cm³/mol. The molecule has 542 valence electrons. The average Bonchev–Trinajstić information content (AvgIpc) is 1.03. The quantitative estimate of drug-likeness (QED) is 0.0259. The molecule has 0 aromatic heterocycles. The van der Waals surface area contributed by atoms with Crippen LogP contribution in [0.1, 0.15) is 393 Å². The summed E-state index contributed by atoms with van der Waals surface area (Å²) in [4.78, 5) is 13.4. The molecule has 0 aromatic carbocycles. The van der Waals surface area contributed by atoms with E-state index in [0.717, 1.165) is 51.4 Å². The van der Waals surface area contributed by atoms with Crippen LogP contribution in [-0.4, -0.2) is 140 Å². The lowest BCUT2D eigenvalue weighted by molar-refractivity contribution is -0.359. The summed E-state index contributed by atoms with van der Waals surface area (Å²) in [5.41, 5.74) is 0. The minimum Gasteiger partial charge on any atom is -0.394 e. The number of hydrogen-bond donors (Lipinski definition) is 9. The Morgan fingerprint density at radius 3 is 0.934 bits per heavy atom. The van der Waals surface area contributed by atoms with E-state index < -0.39 is 86.8 Å². The van der Waals surface area contributed by atoms with Gasteiger partial charge in [-0.1, -0.05) is 373 Å². The molecule has 0 aromatic rings. The van der Waals surface area contributed by atoms with E-state index in [2.05, 4.69) is 19.2 Å². The van der Waals surface area contributed by atoms with Crippen LogP contribution in [0.5, 0.6) is 0 Å². The lowest BCUT2D eigenvalue weighted by atomic mass is 9.97. The molecule has 14 nitrogen and oxygen atoms in total. The van der Waals surface area contributed by atoms with Gasteiger partial charge in [0.05, 0.1) is 32.0 Å². The van der Waals surface area contributed by atoms with Crippen molar-refractivity contribution >= 4 is 5.91 Å². The van der Waals surface area contributed by atoms with Crippen LogP contribution in [0.15, 0.2) is 0 Å². The van der Waals surface area contributed by atoms with Gasteiger partial charge in [-0.3, -0.25) is 4.79 Å². The summed E-state index contributed by atoms with van der Waals surface area (Å²) in [6.07, 6.45) is 60.0. The van der Waals surface area contributed by atoms with E-state index in [0.29, 0.717) is 12.8 Å². The highest BCUT2D eigenvalue weighted by Crippen LogP contribution is 2.31. The van der Waals surface area contributed by atoms with Gasteiger partial charge in [-0.05, 0) is 12.8 Å². The Kier molecular flexibility index (Phi) is 59.1. The number of ether oxygens (including phenoxy) is 4. The van der Waals surface area contributed by atoms with E-state index in [-0.39, 0.29) is 12.5 Å². The van der Waals surface area contributed by atoms with Crippen LogP contribution in [0.2, 0.25) is 0 Å². The summed E-state index contributed by atoms with van der Waals surface area (Å²) < 4.78 is 23.0. The normalized spacial score (nSPS) is 22.7. The molecule has 91 heavy (non-hydrogen) atoms. The standard InChI is InChI=1S/C77H151NO13/c1-3-5-7-9-11-13-15-17-19-21-23-25-27-29-31-33-34-36-38-40-42-44-46-48-50-52-54-56-58-60-66(81)65(64-88-76-74(87)72(85)75(68(63-80)90-76)91-77-73(86)71(84)70(83)67(62-79)89-77)78-69(82)61-59-57-55-53-51-49-47-45-43-41-39-37-35-32-30-28-26-24-22-20-18-16-14-12-10-8-6-4-2/h65-68,70-77,79-81,83-87H,3-64H2,1-2H3,(H,78,82). The molecule has 1 amide bonds. The van der Waals surface area contributed by atoms with Crippen LogP contribution < -0.4 is 5.32 Å². The van der Waals surface area contributed by atoms with Crippen LogP contribution in [0.4, 0.5) is 0 Å². The van der Waals surface area contributed by atoms with Crippen molar-refractivity contribution in [2.24, 2.45) is 0 Å². The van der Waals surface area contributed by atoms with Gasteiger partial charge < -0.3 is 65.1 Å². The number of carbonyl (C=O) groups excluding carboxylic acids is 1. The smallest absolute Gasteiger partial charge is 0.220 e. The third-order valence-corrected chi connectivity index (χ3v) is 20.1. The van der Waals surface area contributed by atoms with Crippen molar-refractivity contribution in [2.75, 3.05) is 19.8 Å². The molecule has 9 N–H and O–H groups in total. The summed E-state index contributed by atoms with van der Waals surface area (Å²) >= 11 is 0. The number of carbonyl (C=O) groups is 1. The van der Waals surface area contributed by atoms with Crippen molar-refractivity contribution in [2.45, 2.75) is 466 Å². The molecular weight excluding hydrogens is 1150 g/mol. The second-order valence-corrected chi connectivity index (χ2v) is 28.6. The number of hydrogen-bond acceptors (Lipinski definition) is 13. The second-order valence-electron chi connectivity index (χ2n) is 28.6. The number of nitrogens with one attached hydrogen (secondary N) is 1. The van der Waals surface area contributed by atoms with Gasteiger partial charge in [-0.2, -0.15) is 0 Å². The number of rotatable bonds is 68. The molecule has 12 atom stereocenters. The number of unbranched alkanes of at least 4 members (excludes halogenated alkanes) is 55. The van der Waals surface area contributed by atoms with Crippen molar-refractivity contribution < 1.29 is 64.6 Å². The summed E-state index contributed by atoms with van der Waals surface area (Å²) in [5, 5.41) is 87.8. The number of amides is 1. The lowest BCUT2D eigenvalue weighted by Crippen LogP contribution is -2.65. The lowest BCUT2D eigenvalue weighted by Gasteiger charge is -2.46. The molecule has 12 unspecified atom stereocenters. The zero-order valence-corrected chi connectivity index (χ0v) is 59.4. The largest absolute Gasteiger partial charge is 0.394 e. The van der Waals surface area contributed by atoms with E-state index in [9.17, 15) is 45.6 Å². The fraction of sp³-hybridized carbons (Fsp3) is 0.987. The van der Waals surface area contributed by atoms with Gasteiger partial charge in [-0.15, -0.1) is 0 Å². The monoisotopic (exact) mass is 1300 g/mol. The van der Waals surface area contributed by atoms with Crippen LogP contribution >= 0.6 is 0 Å². The average molecular weight is 1300 g/mol. The minimum absolute atomic E-state index is 0.195. The number of aliphatic hydroxyl groups excluding tert-OH is 8. The van der Waals surface area contributed by atoms with Crippen molar-refractivity contribution in [1.29, 1.82) is 0 Å². The van der Waals surface area contributed by atoms with Gasteiger partial charge in [0.25, 0.3) is 0 Å². The van der Waals surface area contributed by atoms with E-state index in [1.54, 1.807) is 0 Å². The molecule has 0 spiro atoms.